The van der Waals surface area contributed by atoms with Crippen LogP contribution in [0.5, 0.6) is 5.75 Å². The quantitative estimate of drug-likeness (QED) is 0.192. The van der Waals surface area contributed by atoms with Gasteiger partial charge in [0.1, 0.15) is 17.9 Å². The van der Waals surface area contributed by atoms with Crippen molar-refractivity contribution >= 4 is 16.8 Å². The van der Waals surface area contributed by atoms with Crippen molar-refractivity contribution in [3.05, 3.63) is 53.3 Å². The molecule has 0 aliphatic heterocycles. The van der Waals surface area contributed by atoms with Crippen LogP contribution in [-0.4, -0.2) is 23.8 Å². The van der Waals surface area contributed by atoms with Crippen LogP contribution in [0.1, 0.15) is 70.2 Å². The standard InChI is InChI=1S/C20H19F5N4O.C8H16/c1-11(14-4-6-15(7-5-14)29-28-13(3)20(23,24)25)18(9-26)17-8-16(30-19(21)22)10-27-12(17)2;1-3-7(2)8-5-4-6-8/h4-8,10,13,19,28-29H,1-3H3;7-8H,3-6H2,1-2H3/b18-11+;/t13-;/m0./s1. The molecule has 1 unspecified atom stereocenters. The van der Waals surface area contributed by atoms with E-state index >= 15 is 0 Å². The van der Waals surface area contributed by atoms with Gasteiger partial charge in [0.2, 0.25) is 0 Å². The number of nitrogens with zero attached hydrogens (tertiary/aromatic N) is 2. The van der Waals surface area contributed by atoms with Gasteiger partial charge in [-0.3, -0.25) is 4.98 Å². The number of hydrogen-bond donors (Lipinski definition) is 2. The number of ether oxygens (including phenoxy) is 1. The summed E-state index contributed by atoms with van der Waals surface area (Å²) in [4.78, 5) is 4.00. The lowest BCUT2D eigenvalue weighted by molar-refractivity contribution is -0.150. The Bertz CT molecular complexity index is 1100. The molecule has 1 saturated carbocycles. The summed E-state index contributed by atoms with van der Waals surface area (Å²) < 4.78 is 66.9. The van der Waals surface area contributed by atoms with Gasteiger partial charge in [0.25, 0.3) is 0 Å². The van der Waals surface area contributed by atoms with Crippen molar-refractivity contribution in [1.82, 2.24) is 10.4 Å². The summed E-state index contributed by atoms with van der Waals surface area (Å²) in [5.74, 6) is 1.93. The third-order valence-electron chi connectivity index (χ3n) is 6.88. The average Bonchev–Trinajstić information content (AvgIpc) is 2.83. The van der Waals surface area contributed by atoms with Crippen LogP contribution in [0.3, 0.4) is 0 Å². The minimum Gasteiger partial charge on any atom is -0.433 e. The van der Waals surface area contributed by atoms with E-state index in [1.54, 1.807) is 38.1 Å². The van der Waals surface area contributed by atoms with Crippen molar-refractivity contribution in [2.24, 2.45) is 11.8 Å². The molecule has 0 bridgehead atoms. The Labute approximate surface area is 221 Å². The number of aryl methyl sites for hydroxylation is 1. The van der Waals surface area contributed by atoms with Gasteiger partial charge in [-0.05, 0) is 61.9 Å². The molecular formula is C28H35F5N4O. The summed E-state index contributed by atoms with van der Waals surface area (Å²) in [5.41, 5.74) is 7.20. The van der Waals surface area contributed by atoms with Crippen molar-refractivity contribution in [2.45, 2.75) is 79.1 Å². The first-order valence-electron chi connectivity index (χ1n) is 12.6. The number of hydrazine groups is 1. The molecule has 1 aliphatic carbocycles. The van der Waals surface area contributed by atoms with Gasteiger partial charge in [-0.25, -0.2) is 5.43 Å². The Kier molecular flexibility index (Phi) is 11.5. The second-order valence-electron chi connectivity index (χ2n) is 9.48. The number of benzene rings is 1. The van der Waals surface area contributed by atoms with Gasteiger partial charge in [0.15, 0.2) is 0 Å². The summed E-state index contributed by atoms with van der Waals surface area (Å²) in [5, 5.41) is 9.63. The number of nitriles is 1. The molecule has 1 aliphatic rings. The van der Waals surface area contributed by atoms with E-state index in [1.807, 2.05) is 0 Å². The van der Waals surface area contributed by atoms with Crippen LogP contribution in [0.2, 0.25) is 0 Å². The second-order valence-corrected chi connectivity index (χ2v) is 9.48. The first-order chi connectivity index (χ1) is 17.9. The summed E-state index contributed by atoms with van der Waals surface area (Å²) in [6.07, 6.45) is 2.65. The molecule has 208 valence electrons. The lowest BCUT2D eigenvalue weighted by atomic mass is 9.76. The molecule has 1 heterocycles. The monoisotopic (exact) mass is 538 g/mol. The summed E-state index contributed by atoms with van der Waals surface area (Å²) in [6, 6.07) is 7.96. The summed E-state index contributed by atoms with van der Waals surface area (Å²) >= 11 is 0. The van der Waals surface area contributed by atoms with Gasteiger partial charge in [-0.15, -0.1) is 0 Å². The number of pyridine rings is 1. The smallest absolute Gasteiger partial charge is 0.405 e. The maximum atomic E-state index is 12.5. The predicted molar refractivity (Wildman–Crippen MR) is 139 cm³/mol. The SMILES string of the molecule is C/C(=C(/C#N)c1cc(OC(F)F)cnc1C)c1ccc(NN[C@@H](C)C(F)(F)F)cc1.CCC(C)C1CCC1. The number of aromatic nitrogens is 1. The molecule has 38 heavy (non-hydrogen) atoms. The third kappa shape index (κ3) is 8.98. The highest BCUT2D eigenvalue weighted by Crippen LogP contribution is 2.34. The molecule has 0 radical (unpaired) electrons. The molecule has 1 aromatic heterocycles. The highest BCUT2D eigenvalue weighted by Gasteiger charge is 2.35. The molecule has 5 nitrogen and oxygen atoms in total. The van der Waals surface area contributed by atoms with E-state index in [4.69, 9.17) is 0 Å². The molecule has 1 aromatic carbocycles. The Hall–Kier alpha value is -3.19. The Morgan fingerprint density at radius 1 is 1.18 bits per heavy atom. The van der Waals surface area contributed by atoms with Crippen molar-refractivity contribution in [3.63, 3.8) is 0 Å². The van der Waals surface area contributed by atoms with Crippen LogP contribution < -0.4 is 15.6 Å². The number of nitrogens with one attached hydrogen (secondary N) is 2. The van der Waals surface area contributed by atoms with Gasteiger partial charge in [-0.2, -0.15) is 27.2 Å². The fourth-order valence-corrected chi connectivity index (χ4v) is 3.84. The minimum atomic E-state index is -4.39. The third-order valence-corrected chi connectivity index (χ3v) is 6.88. The van der Waals surface area contributed by atoms with Crippen molar-refractivity contribution in [3.8, 4) is 11.8 Å². The zero-order chi connectivity index (χ0) is 28.5. The summed E-state index contributed by atoms with van der Waals surface area (Å²) in [7, 11) is 0. The Morgan fingerprint density at radius 3 is 2.26 bits per heavy atom. The van der Waals surface area contributed by atoms with Gasteiger partial charge in [0, 0.05) is 16.9 Å². The molecule has 2 N–H and O–H groups in total. The van der Waals surface area contributed by atoms with E-state index in [9.17, 15) is 27.2 Å². The lowest BCUT2D eigenvalue weighted by Gasteiger charge is -2.30. The molecule has 1 fully saturated rings. The topological polar surface area (TPSA) is 70.0 Å². The molecule has 0 amide bonds. The molecule has 2 atom stereocenters. The minimum absolute atomic E-state index is 0.171. The maximum Gasteiger partial charge on any atom is 0.405 e. The largest absolute Gasteiger partial charge is 0.433 e. The number of anilines is 1. The maximum absolute atomic E-state index is 12.5. The normalized spacial score (nSPS) is 15.8. The second kappa shape index (κ2) is 14.1. The van der Waals surface area contributed by atoms with Gasteiger partial charge < -0.3 is 10.2 Å². The van der Waals surface area contributed by atoms with E-state index in [0.717, 1.165) is 25.0 Å². The van der Waals surface area contributed by atoms with Crippen LogP contribution in [0, 0.1) is 30.1 Å². The van der Waals surface area contributed by atoms with Gasteiger partial charge >= 0.3 is 12.8 Å². The molecule has 0 spiro atoms. The predicted octanol–water partition coefficient (Wildman–Crippen LogP) is 8.15. The van der Waals surface area contributed by atoms with Gasteiger partial charge in [-0.1, -0.05) is 51.7 Å². The number of rotatable bonds is 9. The molecule has 10 heteroatoms. The number of hydrogen-bond acceptors (Lipinski definition) is 5. The van der Waals surface area contributed by atoms with E-state index in [2.05, 4.69) is 40.5 Å². The Morgan fingerprint density at radius 2 is 1.82 bits per heavy atom. The van der Waals surface area contributed by atoms with Crippen molar-refractivity contribution in [2.75, 3.05) is 5.43 Å². The van der Waals surface area contributed by atoms with Crippen LogP contribution in [0.15, 0.2) is 36.5 Å². The summed E-state index contributed by atoms with van der Waals surface area (Å²) in [6.45, 7) is 5.94. The average molecular weight is 539 g/mol. The zero-order valence-electron chi connectivity index (χ0n) is 22.3. The van der Waals surface area contributed by atoms with E-state index in [0.29, 0.717) is 28.1 Å². The molecular weight excluding hydrogens is 503 g/mol. The number of halogens is 5. The number of allylic oxidation sites excluding steroid dienone is 2. The fourth-order valence-electron chi connectivity index (χ4n) is 3.84. The van der Waals surface area contributed by atoms with Crippen LogP contribution in [0.4, 0.5) is 27.6 Å². The molecule has 2 aromatic rings. The van der Waals surface area contributed by atoms with Crippen LogP contribution in [-0.2, 0) is 0 Å². The fraction of sp³-hybridized carbons (Fsp3) is 0.500. The zero-order valence-corrected chi connectivity index (χ0v) is 22.3. The van der Waals surface area contributed by atoms with Gasteiger partial charge in [0.05, 0.1) is 11.8 Å². The number of alkyl halides is 5. The first-order valence-corrected chi connectivity index (χ1v) is 12.6. The van der Waals surface area contributed by atoms with E-state index < -0.39 is 18.8 Å². The van der Waals surface area contributed by atoms with Crippen LogP contribution >= 0.6 is 0 Å². The van der Waals surface area contributed by atoms with E-state index in [1.165, 1.54) is 31.7 Å². The molecule has 0 saturated heterocycles. The van der Waals surface area contributed by atoms with Crippen LogP contribution in [0.25, 0.3) is 11.1 Å². The Balaban J connectivity index is 0.000000538. The van der Waals surface area contributed by atoms with Crippen molar-refractivity contribution < 1.29 is 26.7 Å². The van der Waals surface area contributed by atoms with E-state index in [-0.39, 0.29) is 11.3 Å². The van der Waals surface area contributed by atoms with Crippen molar-refractivity contribution in [1.29, 1.82) is 5.26 Å². The molecule has 3 rings (SSSR count). The lowest BCUT2D eigenvalue weighted by Crippen LogP contribution is -2.42. The first kappa shape index (κ1) is 31.0. The highest BCUT2D eigenvalue weighted by atomic mass is 19.4. The highest BCUT2D eigenvalue weighted by molar-refractivity contribution is 5.97.